The number of carbonyl (C=O) groups excluding carboxylic acids is 1. The van der Waals surface area contributed by atoms with E-state index in [1.807, 2.05) is 32.2 Å². The number of hydrogen-bond acceptors (Lipinski definition) is 2. The van der Waals surface area contributed by atoms with E-state index in [0.29, 0.717) is 12.5 Å². The Kier molecular flexibility index (Phi) is 5.82. The van der Waals surface area contributed by atoms with Gasteiger partial charge < -0.3 is 10.6 Å². The van der Waals surface area contributed by atoms with Crippen molar-refractivity contribution in [3.8, 4) is 0 Å². The molecule has 1 unspecified atom stereocenters. The Morgan fingerprint density at radius 3 is 2.56 bits per heavy atom. The molecule has 1 atom stereocenters. The average Bonchev–Trinajstić information content (AvgIpc) is 2.29. The largest absolute Gasteiger partial charge is 0.325 e. The maximum Gasteiger partial charge on any atom is 0.229 e. The monoisotopic (exact) mass is 312 g/mol. The summed E-state index contributed by atoms with van der Waals surface area (Å²) in [6.07, 6.45) is 0. The van der Waals surface area contributed by atoms with Crippen molar-refractivity contribution in [1.29, 1.82) is 0 Å². The van der Waals surface area contributed by atoms with E-state index in [9.17, 15) is 4.79 Å². The molecule has 0 heterocycles. The fourth-order valence-electron chi connectivity index (χ4n) is 1.80. The molecule has 0 bridgehead atoms. The van der Waals surface area contributed by atoms with Crippen LogP contribution < -0.4 is 10.6 Å². The molecule has 100 valence electrons. The fraction of sp³-hybridized carbons (Fsp3) is 0.500. The Hall–Kier alpha value is -0.870. The second kappa shape index (κ2) is 6.90. The van der Waals surface area contributed by atoms with Crippen molar-refractivity contribution < 1.29 is 4.79 Å². The van der Waals surface area contributed by atoms with Gasteiger partial charge in [-0.15, -0.1) is 0 Å². The third kappa shape index (κ3) is 4.10. The van der Waals surface area contributed by atoms with E-state index in [1.165, 1.54) is 0 Å². The van der Waals surface area contributed by atoms with Gasteiger partial charge in [0, 0.05) is 11.0 Å². The van der Waals surface area contributed by atoms with Gasteiger partial charge in [0.1, 0.15) is 0 Å². The van der Waals surface area contributed by atoms with Crippen LogP contribution >= 0.6 is 15.9 Å². The highest BCUT2D eigenvalue weighted by atomic mass is 79.9. The van der Waals surface area contributed by atoms with E-state index < -0.39 is 0 Å². The number of amides is 1. The van der Waals surface area contributed by atoms with Gasteiger partial charge in [0.2, 0.25) is 5.91 Å². The minimum Gasteiger partial charge on any atom is -0.325 e. The molecule has 0 aliphatic heterocycles. The molecule has 0 fully saturated rings. The van der Waals surface area contributed by atoms with Crippen molar-refractivity contribution in [3.05, 3.63) is 28.2 Å². The van der Waals surface area contributed by atoms with Gasteiger partial charge in [0.15, 0.2) is 0 Å². The fourth-order valence-corrected chi connectivity index (χ4v) is 2.39. The number of carbonyl (C=O) groups is 1. The molecule has 1 aromatic rings. The average molecular weight is 313 g/mol. The predicted molar refractivity (Wildman–Crippen MR) is 79.8 cm³/mol. The Labute approximate surface area is 117 Å². The molecular formula is C14H21BrN2O. The lowest BCUT2D eigenvalue weighted by Gasteiger charge is -2.20. The highest BCUT2D eigenvalue weighted by Crippen LogP contribution is 2.24. The Bertz CT molecular complexity index is 418. The van der Waals surface area contributed by atoms with Crippen molar-refractivity contribution in [2.75, 3.05) is 18.9 Å². The zero-order chi connectivity index (χ0) is 13.7. The Morgan fingerprint density at radius 1 is 1.39 bits per heavy atom. The van der Waals surface area contributed by atoms with Gasteiger partial charge in [-0.2, -0.15) is 0 Å². The lowest BCUT2D eigenvalue weighted by Crippen LogP contribution is -2.34. The van der Waals surface area contributed by atoms with Gasteiger partial charge in [-0.3, -0.25) is 4.79 Å². The van der Waals surface area contributed by atoms with Gasteiger partial charge in [-0.05, 0) is 53.5 Å². The van der Waals surface area contributed by atoms with Crippen LogP contribution in [0.1, 0.15) is 19.4 Å². The van der Waals surface area contributed by atoms with Crippen LogP contribution in [0.3, 0.4) is 0 Å². The van der Waals surface area contributed by atoms with E-state index in [4.69, 9.17) is 0 Å². The summed E-state index contributed by atoms with van der Waals surface area (Å²) < 4.78 is 0.919. The summed E-state index contributed by atoms with van der Waals surface area (Å²) in [4.78, 5) is 12.2. The number of anilines is 1. The molecule has 3 nitrogen and oxygen atoms in total. The minimum atomic E-state index is -0.0248. The number of aryl methyl sites for hydroxylation is 1. The summed E-state index contributed by atoms with van der Waals surface area (Å²) in [5.41, 5.74) is 1.99. The number of halogens is 1. The van der Waals surface area contributed by atoms with Gasteiger partial charge in [-0.25, -0.2) is 0 Å². The SMILES string of the molecule is CNCC(C(=O)Nc1ccc(C)cc1Br)C(C)C. The molecule has 1 rings (SSSR count). The molecule has 0 aliphatic carbocycles. The second-order valence-corrected chi connectivity index (χ2v) is 5.74. The minimum absolute atomic E-state index is 0.0248. The van der Waals surface area contributed by atoms with E-state index >= 15 is 0 Å². The van der Waals surface area contributed by atoms with Crippen molar-refractivity contribution in [2.24, 2.45) is 11.8 Å². The molecular weight excluding hydrogens is 292 g/mol. The third-order valence-corrected chi connectivity index (χ3v) is 3.60. The van der Waals surface area contributed by atoms with Crippen LogP contribution in [0, 0.1) is 18.8 Å². The number of benzene rings is 1. The van der Waals surface area contributed by atoms with Gasteiger partial charge in [0.05, 0.1) is 11.6 Å². The molecule has 0 saturated heterocycles. The third-order valence-electron chi connectivity index (χ3n) is 2.95. The van der Waals surface area contributed by atoms with Crippen LogP contribution in [0.25, 0.3) is 0 Å². The summed E-state index contributed by atoms with van der Waals surface area (Å²) in [6.45, 7) is 6.83. The first-order chi connectivity index (χ1) is 8.45. The maximum atomic E-state index is 12.2. The summed E-state index contributed by atoms with van der Waals surface area (Å²) in [6, 6.07) is 5.91. The molecule has 2 N–H and O–H groups in total. The van der Waals surface area contributed by atoms with Crippen LogP contribution in [-0.2, 0) is 4.79 Å². The maximum absolute atomic E-state index is 12.2. The first-order valence-electron chi connectivity index (χ1n) is 6.17. The van der Waals surface area contributed by atoms with Gasteiger partial charge in [0.25, 0.3) is 0 Å². The van der Waals surface area contributed by atoms with Crippen molar-refractivity contribution in [2.45, 2.75) is 20.8 Å². The summed E-state index contributed by atoms with van der Waals surface area (Å²) in [5.74, 6) is 0.341. The van der Waals surface area contributed by atoms with Gasteiger partial charge >= 0.3 is 0 Å². The van der Waals surface area contributed by atoms with Crippen LogP contribution in [-0.4, -0.2) is 19.5 Å². The first-order valence-corrected chi connectivity index (χ1v) is 6.96. The predicted octanol–water partition coefficient (Wildman–Crippen LogP) is 3.19. The zero-order valence-corrected chi connectivity index (χ0v) is 13.0. The molecule has 1 amide bonds. The van der Waals surface area contributed by atoms with Crippen LogP contribution in [0.2, 0.25) is 0 Å². The first kappa shape index (κ1) is 15.2. The van der Waals surface area contributed by atoms with E-state index in [2.05, 4.69) is 40.4 Å². The summed E-state index contributed by atoms with van der Waals surface area (Å²) in [7, 11) is 1.87. The molecule has 0 radical (unpaired) electrons. The Morgan fingerprint density at radius 2 is 2.06 bits per heavy atom. The van der Waals surface area contributed by atoms with Crippen molar-refractivity contribution in [3.63, 3.8) is 0 Å². The molecule has 0 saturated carbocycles. The summed E-state index contributed by atoms with van der Waals surface area (Å²) in [5, 5.41) is 6.04. The number of nitrogens with one attached hydrogen (secondary N) is 2. The zero-order valence-electron chi connectivity index (χ0n) is 11.4. The van der Waals surface area contributed by atoms with E-state index in [-0.39, 0.29) is 11.8 Å². The number of hydrogen-bond donors (Lipinski definition) is 2. The van der Waals surface area contributed by atoms with Crippen LogP contribution in [0.15, 0.2) is 22.7 Å². The lowest BCUT2D eigenvalue weighted by atomic mass is 9.95. The van der Waals surface area contributed by atoms with E-state index in [0.717, 1.165) is 15.7 Å². The number of rotatable bonds is 5. The highest BCUT2D eigenvalue weighted by molar-refractivity contribution is 9.10. The van der Waals surface area contributed by atoms with E-state index in [1.54, 1.807) is 0 Å². The van der Waals surface area contributed by atoms with Crippen LogP contribution in [0.4, 0.5) is 5.69 Å². The van der Waals surface area contributed by atoms with Gasteiger partial charge in [-0.1, -0.05) is 19.9 Å². The smallest absolute Gasteiger partial charge is 0.229 e. The second-order valence-electron chi connectivity index (χ2n) is 4.88. The standard InChI is InChI=1S/C14H21BrN2O/c1-9(2)11(8-16-4)14(18)17-13-6-5-10(3)7-12(13)15/h5-7,9,11,16H,8H2,1-4H3,(H,17,18). The lowest BCUT2D eigenvalue weighted by molar-refractivity contribution is -0.120. The highest BCUT2D eigenvalue weighted by Gasteiger charge is 2.21. The molecule has 0 aromatic heterocycles. The normalized spacial score (nSPS) is 12.6. The molecule has 0 aliphatic rings. The molecule has 4 heteroatoms. The quantitative estimate of drug-likeness (QED) is 0.876. The Balaban J connectivity index is 2.79. The van der Waals surface area contributed by atoms with Crippen LogP contribution in [0.5, 0.6) is 0 Å². The molecule has 1 aromatic carbocycles. The molecule has 18 heavy (non-hydrogen) atoms. The topological polar surface area (TPSA) is 41.1 Å². The van der Waals surface area contributed by atoms with Crippen molar-refractivity contribution >= 4 is 27.5 Å². The van der Waals surface area contributed by atoms with Crippen molar-refractivity contribution in [1.82, 2.24) is 5.32 Å². The summed E-state index contributed by atoms with van der Waals surface area (Å²) >= 11 is 3.47. The molecule has 0 spiro atoms.